The molecule has 0 bridgehead atoms. The molecular formula is C27H48O7. The summed E-state index contributed by atoms with van der Waals surface area (Å²) in [7, 11) is 0. The second-order valence-electron chi connectivity index (χ2n) is 13.1. The third kappa shape index (κ3) is 3.72. The molecule has 0 aromatic carbocycles. The second kappa shape index (κ2) is 9.23. The normalized spacial score (nSPS) is 54.6. The summed E-state index contributed by atoms with van der Waals surface area (Å²) < 4.78 is 0. The molecule has 4 rings (SSSR count). The summed E-state index contributed by atoms with van der Waals surface area (Å²) in [6.45, 7) is 8.38. The zero-order chi connectivity index (χ0) is 25.2. The van der Waals surface area contributed by atoms with E-state index >= 15 is 0 Å². The van der Waals surface area contributed by atoms with Gasteiger partial charge in [0.15, 0.2) is 0 Å². The molecule has 4 aliphatic rings. The molecule has 0 aromatic heterocycles. The highest BCUT2D eigenvalue weighted by molar-refractivity contribution is 5.24. The van der Waals surface area contributed by atoms with Crippen molar-refractivity contribution in [2.75, 3.05) is 6.61 Å². The van der Waals surface area contributed by atoms with Crippen molar-refractivity contribution in [2.45, 2.75) is 115 Å². The first kappa shape index (κ1) is 26.8. The molecule has 4 fully saturated rings. The molecule has 34 heavy (non-hydrogen) atoms. The predicted octanol–water partition coefficient (Wildman–Crippen LogP) is 1.44. The third-order valence-corrected chi connectivity index (χ3v) is 11.2. The zero-order valence-corrected chi connectivity index (χ0v) is 21.3. The molecule has 0 amide bonds. The van der Waals surface area contributed by atoms with Crippen LogP contribution in [0.15, 0.2) is 0 Å². The molecule has 7 nitrogen and oxygen atoms in total. The van der Waals surface area contributed by atoms with E-state index in [0.29, 0.717) is 25.7 Å². The molecule has 4 aliphatic carbocycles. The molecule has 14 atom stereocenters. The van der Waals surface area contributed by atoms with Crippen molar-refractivity contribution in [3.8, 4) is 0 Å². The van der Waals surface area contributed by atoms with Gasteiger partial charge in [0, 0.05) is 12.5 Å². The molecule has 1 unspecified atom stereocenters. The van der Waals surface area contributed by atoms with Gasteiger partial charge in [0.2, 0.25) is 0 Å². The van der Waals surface area contributed by atoms with Crippen molar-refractivity contribution in [1.82, 2.24) is 0 Å². The molecule has 0 aliphatic heterocycles. The first-order valence-corrected chi connectivity index (χ1v) is 13.6. The predicted molar refractivity (Wildman–Crippen MR) is 128 cm³/mol. The molecule has 198 valence electrons. The quantitative estimate of drug-likeness (QED) is 0.302. The first-order chi connectivity index (χ1) is 15.8. The van der Waals surface area contributed by atoms with E-state index in [9.17, 15) is 35.7 Å². The topological polar surface area (TPSA) is 142 Å². The number of aliphatic hydroxyl groups excluding tert-OH is 6. The van der Waals surface area contributed by atoms with Gasteiger partial charge in [0.05, 0.1) is 24.4 Å². The molecule has 7 heteroatoms. The Balaban J connectivity index is 1.66. The number of rotatable bonds is 6. The van der Waals surface area contributed by atoms with Crippen molar-refractivity contribution in [3.63, 3.8) is 0 Å². The maximum Gasteiger partial charge on any atom is 0.109 e. The van der Waals surface area contributed by atoms with E-state index in [4.69, 9.17) is 0 Å². The lowest BCUT2D eigenvalue weighted by atomic mass is 9.41. The molecule has 0 saturated heterocycles. The minimum atomic E-state index is -1.71. The van der Waals surface area contributed by atoms with Crippen LogP contribution >= 0.6 is 0 Å². The van der Waals surface area contributed by atoms with Crippen LogP contribution in [0, 0.1) is 46.3 Å². The average Bonchev–Trinajstić information content (AvgIpc) is 2.99. The second-order valence-corrected chi connectivity index (χ2v) is 13.1. The smallest absolute Gasteiger partial charge is 0.109 e. The van der Waals surface area contributed by atoms with Crippen LogP contribution < -0.4 is 0 Å². The third-order valence-electron chi connectivity index (χ3n) is 11.2. The van der Waals surface area contributed by atoms with Crippen LogP contribution in [-0.2, 0) is 0 Å². The lowest BCUT2D eigenvalue weighted by molar-refractivity contribution is -0.309. The Hall–Kier alpha value is -0.280. The molecule has 0 spiro atoms. The Morgan fingerprint density at radius 1 is 0.853 bits per heavy atom. The van der Waals surface area contributed by atoms with Gasteiger partial charge in [-0.2, -0.15) is 0 Å². The lowest BCUT2D eigenvalue weighted by Gasteiger charge is -2.67. The van der Waals surface area contributed by atoms with Gasteiger partial charge in [-0.15, -0.1) is 0 Å². The zero-order valence-electron chi connectivity index (χ0n) is 21.3. The maximum atomic E-state index is 12.3. The fourth-order valence-electron chi connectivity index (χ4n) is 9.52. The molecule has 0 aromatic rings. The van der Waals surface area contributed by atoms with Crippen LogP contribution in [0.4, 0.5) is 0 Å². The number of fused-ring (bicyclic) bond motifs is 5. The van der Waals surface area contributed by atoms with E-state index in [-0.39, 0.29) is 36.2 Å². The summed E-state index contributed by atoms with van der Waals surface area (Å²) in [6.07, 6.45) is 0.370. The summed E-state index contributed by atoms with van der Waals surface area (Å²) in [6, 6.07) is 0. The molecule has 4 saturated carbocycles. The van der Waals surface area contributed by atoms with Gasteiger partial charge < -0.3 is 35.7 Å². The van der Waals surface area contributed by atoms with Crippen molar-refractivity contribution >= 4 is 0 Å². The van der Waals surface area contributed by atoms with Gasteiger partial charge in [0.25, 0.3) is 0 Å². The van der Waals surface area contributed by atoms with Gasteiger partial charge in [-0.25, -0.2) is 0 Å². The van der Waals surface area contributed by atoms with E-state index in [1.165, 1.54) is 0 Å². The van der Waals surface area contributed by atoms with Gasteiger partial charge in [-0.05, 0) is 78.9 Å². The Morgan fingerprint density at radius 2 is 1.50 bits per heavy atom. The van der Waals surface area contributed by atoms with E-state index in [0.717, 1.165) is 25.7 Å². The minimum absolute atomic E-state index is 0.101. The Bertz CT molecular complexity index is 734. The summed E-state index contributed by atoms with van der Waals surface area (Å²) >= 11 is 0. The fraction of sp³-hybridized carbons (Fsp3) is 1.00. The Kier molecular flexibility index (Phi) is 7.27. The summed E-state index contributed by atoms with van der Waals surface area (Å²) in [5, 5.41) is 77.2. The van der Waals surface area contributed by atoms with E-state index < -0.39 is 52.9 Å². The summed E-state index contributed by atoms with van der Waals surface area (Å²) in [4.78, 5) is 0. The van der Waals surface area contributed by atoms with Crippen LogP contribution in [0.1, 0.15) is 79.1 Å². The maximum absolute atomic E-state index is 12.3. The number of hydrogen-bond donors (Lipinski definition) is 7. The van der Waals surface area contributed by atoms with Gasteiger partial charge in [0.1, 0.15) is 11.7 Å². The SMILES string of the molecule is C[C@@H](CO)CCC[C@@H](C)[C@H]1[C@@H](O)[C@H](O)[C@@H]2[C@]1(C)CC[C@H]1[C@@]2(O)[C@H](O)[C@H](O)C2C[C@@H](O)CC[C@@]21C. The monoisotopic (exact) mass is 484 g/mol. The Labute approximate surface area is 204 Å². The fourth-order valence-corrected chi connectivity index (χ4v) is 9.52. The number of aliphatic hydroxyl groups is 7. The summed E-state index contributed by atoms with van der Waals surface area (Å²) in [5.41, 5.74) is -2.74. The highest BCUT2D eigenvalue weighted by atomic mass is 16.4. The molecule has 0 heterocycles. The molecule has 0 radical (unpaired) electrons. The standard InChI is InChI=1S/C27H48O7/c1-14(13-28)6-5-7-15(2)19-21(31)22(32)23-26(19,4)11-9-18-25(3)10-8-16(29)12-17(25)20(30)24(33)27(18,23)34/h14-24,28-34H,5-13H2,1-4H3/t14-,15-,16+,17?,18-,19+,20-,21-,22+,23-,24-,25+,26-,27+/m1/s1. The highest BCUT2D eigenvalue weighted by Gasteiger charge is 2.75. The van der Waals surface area contributed by atoms with Crippen LogP contribution in [0.2, 0.25) is 0 Å². The van der Waals surface area contributed by atoms with Gasteiger partial charge in [-0.1, -0.05) is 40.5 Å². The lowest BCUT2D eigenvalue weighted by Crippen LogP contribution is -2.75. The summed E-state index contributed by atoms with van der Waals surface area (Å²) in [5.74, 6) is -1.28. The van der Waals surface area contributed by atoms with Crippen LogP contribution in [-0.4, -0.2) is 78.5 Å². The number of hydrogen-bond acceptors (Lipinski definition) is 7. The van der Waals surface area contributed by atoms with E-state index in [1.807, 2.05) is 13.8 Å². The molecule has 7 N–H and O–H groups in total. The van der Waals surface area contributed by atoms with E-state index in [1.54, 1.807) is 0 Å². The van der Waals surface area contributed by atoms with E-state index in [2.05, 4.69) is 13.8 Å². The van der Waals surface area contributed by atoms with Crippen molar-refractivity contribution in [1.29, 1.82) is 0 Å². The largest absolute Gasteiger partial charge is 0.396 e. The van der Waals surface area contributed by atoms with Crippen molar-refractivity contribution < 1.29 is 35.7 Å². The minimum Gasteiger partial charge on any atom is -0.396 e. The average molecular weight is 485 g/mol. The molecular weight excluding hydrogens is 436 g/mol. The van der Waals surface area contributed by atoms with Crippen LogP contribution in [0.5, 0.6) is 0 Å². The Morgan fingerprint density at radius 3 is 2.15 bits per heavy atom. The van der Waals surface area contributed by atoms with Crippen LogP contribution in [0.3, 0.4) is 0 Å². The van der Waals surface area contributed by atoms with Gasteiger partial charge >= 0.3 is 0 Å². The van der Waals surface area contributed by atoms with Gasteiger partial charge in [-0.3, -0.25) is 0 Å². The highest BCUT2D eigenvalue weighted by Crippen LogP contribution is 2.69. The van der Waals surface area contributed by atoms with Crippen LogP contribution in [0.25, 0.3) is 0 Å². The van der Waals surface area contributed by atoms with Crippen molar-refractivity contribution in [2.24, 2.45) is 46.3 Å². The first-order valence-electron chi connectivity index (χ1n) is 13.6. The van der Waals surface area contributed by atoms with Crippen molar-refractivity contribution in [3.05, 3.63) is 0 Å².